The van der Waals surface area contributed by atoms with E-state index in [1.807, 2.05) is 11.6 Å². The van der Waals surface area contributed by atoms with Crippen molar-refractivity contribution < 1.29 is 14.1 Å². The van der Waals surface area contributed by atoms with Crippen LogP contribution in [0, 0.1) is 20.8 Å². The van der Waals surface area contributed by atoms with Crippen molar-refractivity contribution in [3.63, 3.8) is 0 Å². The second-order valence-electron chi connectivity index (χ2n) is 6.52. The molecule has 136 valence electrons. The molecule has 0 spiro atoms. The number of morpholine rings is 1. The number of ether oxygens (including phenoxy) is 1. The van der Waals surface area contributed by atoms with Crippen LogP contribution in [-0.4, -0.2) is 58.1 Å². The lowest BCUT2D eigenvalue weighted by Crippen LogP contribution is -2.45. The Bertz CT molecular complexity index is 724. The predicted octanol–water partition coefficient (Wildman–Crippen LogP) is 1.53. The van der Waals surface area contributed by atoms with E-state index in [0.29, 0.717) is 31.2 Å². The molecule has 1 fully saturated rings. The maximum absolute atomic E-state index is 12.0. The van der Waals surface area contributed by atoms with Crippen molar-refractivity contribution in [3.05, 3.63) is 29.3 Å². The first-order valence-electron chi connectivity index (χ1n) is 8.58. The van der Waals surface area contributed by atoms with Gasteiger partial charge in [-0.2, -0.15) is 5.10 Å². The number of nitrogens with one attached hydrogen (secondary N) is 1. The summed E-state index contributed by atoms with van der Waals surface area (Å²) in [5, 5.41) is 11.0. The Balaban J connectivity index is 1.45. The number of rotatable bonds is 6. The molecule has 3 heterocycles. The lowest BCUT2D eigenvalue weighted by Gasteiger charge is -2.32. The van der Waals surface area contributed by atoms with Crippen LogP contribution in [0.25, 0.3) is 0 Å². The molecular weight excluding hydrogens is 322 g/mol. The fraction of sp³-hybridized carbons (Fsp3) is 0.588. The lowest BCUT2D eigenvalue weighted by atomic mass is 10.2. The van der Waals surface area contributed by atoms with Gasteiger partial charge in [-0.05, 0) is 26.8 Å². The van der Waals surface area contributed by atoms with Gasteiger partial charge in [-0.15, -0.1) is 0 Å². The molecule has 1 unspecified atom stereocenters. The molecule has 0 aromatic carbocycles. The fourth-order valence-corrected chi connectivity index (χ4v) is 3.04. The molecule has 1 aliphatic rings. The molecule has 3 rings (SSSR count). The van der Waals surface area contributed by atoms with E-state index in [2.05, 4.69) is 33.5 Å². The van der Waals surface area contributed by atoms with Crippen LogP contribution >= 0.6 is 0 Å². The van der Waals surface area contributed by atoms with Crippen molar-refractivity contribution in [1.29, 1.82) is 0 Å². The van der Waals surface area contributed by atoms with E-state index >= 15 is 0 Å². The van der Waals surface area contributed by atoms with Gasteiger partial charge in [0.15, 0.2) is 5.82 Å². The minimum atomic E-state index is -0.0603. The number of hydrogen-bond acceptors (Lipinski definition) is 6. The normalized spacial score (nSPS) is 18.4. The van der Waals surface area contributed by atoms with Crippen molar-refractivity contribution in [3.8, 4) is 0 Å². The lowest BCUT2D eigenvalue weighted by molar-refractivity contribution is -0.117. The molecule has 2 aromatic heterocycles. The third kappa shape index (κ3) is 4.90. The van der Waals surface area contributed by atoms with E-state index in [1.54, 1.807) is 13.0 Å². The highest BCUT2D eigenvalue weighted by Crippen LogP contribution is 2.11. The zero-order chi connectivity index (χ0) is 17.8. The Morgan fingerprint density at radius 1 is 1.36 bits per heavy atom. The molecule has 0 bridgehead atoms. The van der Waals surface area contributed by atoms with Gasteiger partial charge in [0, 0.05) is 37.8 Å². The zero-order valence-corrected chi connectivity index (χ0v) is 15.0. The van der Waals surface area contributed by atoms with Crippen LogP contribution in [0.3, 0.4) is 0 Å². The van der Waals surface area contributed by atoms with Crippen LogP contribution in [0.5, 0.6) is 0 Å². The summed E-state index contributed by atoms with van der Waals surface area (Å²) < 4.78 is 12.8. The van der Waals surface area contributed by atoms with Gasteiger partial charge in [-0.25, -0.2) is 0 Å². The number of aromatic nitrogens is 3. The Hall–Kier alpha value is -2.19. The van der Waals surface area contributed by atoms with Crippen molar-refractivity contribution in [2.75, 3.05) is 31.6 Å². The molecule has 0 aliphatic carbocycles. The van der Waals surface area contributed by atoms with Crippen molar-refractivity contribution in [2.45, 2.75) is 39.8 Å². The van der Waals surface area contributed by atoms with Gasteiger partial charge < -0.3 is 14.6 Å². The Labute approximate surface area is 147 Å². The van der Waals surface area contributed by atoms with E-state index < -0.39 is 0 Å². The highest BCUT2D eigenvalue weighted by Gasteiger charge is 2.22. The number of amides is 1. The van der Waals surface area contributed by atoms with E-state index in [0.717, 1.165) is 31.0 Å². The summed E-state index contributed by atoms with van der Waals surface area (Å²) in [4.78, 5) is 14.3. The quantitative estimate of drug-likeness (QED) is 0.853. The Kier molecular flexibility index (Phi) is 5.50. The molecule has 1 N–H and O–H groups in total. The summed E-state index contributed by atoms with van der Waals surface area (Å²) in [7, 11) is 0. The van der Waals surface area contributed by atoms with Gasteiger partial charge in [0.2, 0.25) is 5.91 Å². The standard InChI is InChI=1S/C17H25N5O3/c1-12-8-13(2)22(19-12)11-15-10-21(6-7-24-15)5-4-17(23)18-16-9-14(3)25-20-16/h8-9,15H,4-7,10-11H2,1-3H3,(H,18,20,23). The summed E-state index contributed by atoms with van der Waals surface area (Å²) in [6.07, 6.45) is 0.506. The predicted molar refractivity (Wildman–Crippen MR) is 92.4 cm³/mol. The van der Waals surface area contributed by atoms with Crippen LogP contribution in [0.1, 0.15) is 23.6 Å². The highest BCUT2D eigenvalue weighted by atomic mass is 16.5. The molecule has 0 radical (unpaired) electrons. The van der Waals surface area contributed by atoms with Crippen LogP contribution in [0.15, 0.2) is 16.7 Å². The second kappa shape index (κ2) is 7.79. The molecule has 25 heavy (non-hydrogen) atoms. The van der Waals surface area contributed by atoms with Gasteiger partial charge in [0.1, 0.15) is 5.76 Å². The second-order valence-corrected chi connectivity index (χ2v) is 6.52. The monoisotopic (exact) mass is 347 g/mol. The number of carbonyl (C=O) groups excluding carboxylic acids is 1. The van der Waals surface area contributed by atoms with Gasteiger partial charge >= 0.3 is 0 Å². The van der Waals surface area contributed by atoms with Crippen LogP contribution in [-0.2, 0) is 16.1 Å². The Morgan fingerprint density at radius 2 is 2.20 bits per heavy atom. The van der Waals surface area contributed by atoms with Crippen molar-refractivity contribution in [2.24, 2.45) is 0 Å². The highest BCUT2D eigenvalue weighted by molar-refractivity contribution is 5.89. The fourth-order valence-electron chi connectivity index (χ4n) is 3.04. The SMILES string of the molecule is Cc1cc(C)n(CC2CN(CCC(=O)Nc3cc(C)on3)CCO2)n1. The molecule has 2 aromatic rings. The Morgan fingerprint density at radius 3 is 2.88 bits per heavy atom. The average molecular weight is 347 g/mol. The number of hydrogen-bond donors (Lipinski definition) is 1. The average Bonchev–Trinajstić information content (AvgIpc) is 3.11. The topological polar surface area (TPSA) is 85.4 Å². The third-order valence-corrected chi connectivity index (χ3v) is 4.25. The summed E-state index contributed by atoms with van der Waals surface area (Å²) in [5.74, 6) is 1.08. The van der Waals surface area contributed by atoms with Crippen LogP contribution in [0.4, 0.5) is 5.82 Å². The molecule has 0 saturated carbocycles. The number of nitrogens with zero attached hydrogens (tertiary/aromatic N) is 4. The first-order chi connectivity index (χ1) is 12.0. The van der Waals surface area contributed by atoms with Crippen LogP contribution in [0.2, 0.25) is 0 Å². The van der Waals surface area contributed by atoms with Gasteiger partial charge in [-0.3, -0.25) is 14.4 Å². The minimum Gasteiger partial charge on any atom is -0.374 e. The first kappa shape index (κ1) is 17.6. The number of carbonyl (C=O) groups is 1. The summed E-state index contributed by atoms with van der Waals surface area (Å²) in [6, 6.07) is 3.77. The molecule has 1 aliphatic heterocycles. The minimum absolute atomic E-state index is 0.0603. The van der Waals surface area contributed by atoms with E-state index in [1.165, 1.54) is 0 Å². The molecule has 1 saturated heterocycles. The molecule has 1 amide bonds. The zero-order valence-electron chi connectivity index (χ0n) is 15.0. The molecule has 1 atom stereocenters. The third-order valence-electron chi connectivity index (χ3n) is 4.25. The summed E-state index contributed by atoms with van der Waals surface area (Å²) in [6.45, 7) is 9.58. The molecular formula is C17H25N5O3. The summed E-state index contributed by atoms with van der Waals surface area (Å²) in [5.41, 5.74) is 2.16. The van der Waals surface area contributed by atoms with Crippen molar-refractivity contribution >= 4 is 11.7 Å². The number of anilines is 1. The van der Waals surface area contributed by atoms with Gasteiger partial charge in [-0.1, -0.05) is 5.16 Å². The van der Waals surface area contributed by atoms with Crippen LogP contribution < -0.4 is 5.32 Å². The van der Waals surface area contributed by atoms with E-state index in [4.69, 9.17) is 9.26 Å². The maximum atomic E-state index is 12.0. The molecule has 8 nitrogen and oxygen atoms in total. The number of aryl methyl sites for hydroxylation is 3. The van der Waals surface area contributed by atoms with Gasteiger partial charge in [0.25, 0.3) is 0 Å². The largest absolute Gasteiger partial charge is 0.374 e. The maximum Gasteiger partial charge on any atom is 0.226 e. The summed E-state index contributed by atoms with van der Waals surface area (Å²) >= 11 is 0. The smallest absolute Gasteiger partial charge is 0.226 e. The van der Waals surface area contributed by atoms with Gasteiger partial charge in [0.05, 0.1) is 24.9 Å². The van der Waals surface area contributed by atoms with Crippen molar-refractivity contribution in [1.82, 2.24) is 19.8 Å². The first-order valence-corrected chi connectivity index (χ1v) is 8.58. The molecule has 8 heteroatoms. The van der Waals surface area contributed by atoms with E-state index in [-0.39, 0.29) is 12.0 Å². The van der Waals surface area contributed by atoms with E-state index in [9.17, 15) is 4.79 Å².